The fraction of sp³-hybridized carbons (Fsp3) is 0.417. The van der Waals surface area contributed by atoms with E-state index in [4.69, 9.17) is 9.47 Å². The van der Waals surface area contributed by atoms with E-state index < -0.39 is 0 Å². The van der Waals surface area contributed by atoms with E-state index in [9.17, 15) is 0 Å². The largest absolute Gasteiger partial charge is 0.490 e. The van der Waals surface area contributed by atoms with E-state index in [0.29, 0.717) is 6.61 Å². The summed E-state index contributed by atoms with van der Waals surface area (Å²) in [7, 11) is 0. The van der Waals surface area contributed by atoms with E-state index >= 15 is 0 Å². The van der Waals surface area contributed by atoms with E-state index in [1.165, 1.54) is 0 Å². The lowest BCUT2D eigenvalue weighted by Crippen LogP contribution is -2.07. The zero-order valence-corrected chi connectivity index (χ0v) is 9.04. The quantitative estimate of drug-likeness (QED) is 0.731. The van der Waals surface area contributed by atoms with Crippen LogP contribution in [0.15, 0.2) is 18.2 Å². The van der Waals surface area contributed by atoms with Crippen LogP contribution in [0.5, 0.6) is 11.5 Å². The van der Waals surface area contributed by atoms with Crippen molar-refractivity contribution in [3.63, 3.8) is 0 Å². The molecule has 14 heavy (non-hydrogen) atoms. The van der Waals surface area contributed by atoms with Crippen molar-refractivity contribution in [3.05, 3.63) is 30.7 Å². The second-order valence-electron chi connectivity index (χ2n) is 3.38. The summed E-state index contributed by atoms with van der Waals surface area (Å²) in [4.78, 5) is 0. The Morgan fingerprint density at radius 1 is 1.29 bits per heavy atom. The standard InChI is InChI=1S/C12H17O2/c1-5-13-12-8-10(4)6-7-11(12)14-9(2)3/h6-9H,4-5H2,1-3H3. The first kappa shape index (κ1) is 10.9. The van der Waals surface area contributed by atoms with Crippen molar-refractivity contribution >= 4 is 0 Å². The summed E-state index contributed by atoms with van der Waals surface area (Å²) in [6.07, 6.45) is 0.157. The lowest BCUT2D eigenvalue weighted by molar-refractivity contribution is 0.224. The molecule has 0 saturated heterocycles. The van der Waals surface area contributed by atoms with E-state index in [2.05, 4.69) is 6.92 Å². The molecule has 0 heterocycles. The molecule has 2 nitrogen and oxygen atoms in total. The predicted octanol–water partition coefficient (Wildman–Crippen LogP) is 3.05. The maximum absolute atomic E-state index is 5.60. The average molecular weight is 193 g/mol. The normalized spacial score (nSPS) is 10.4. The summed E-state index contributed by atoms with van der Waals surface area (Å²) in [6.45, 7) is 10.4. The van der Waals surface area contributed by atoms with Crippen molar-refractivity contribution in [1.82, 2.24) is 0 Å². The molecule has 0 aliphatic rings. The van der Waals surface area contributed by atoms with Gasteiger partial charge >= 0.3 is 0 Å². The van der Waals surface area contributed by atoms with Gasteiger partial charge in [-0.1, -0.05) is 6.07 Å². The molecule has 1 radical (unpaired) electrons. The van der Waals surface area contributed by atoms with Crippen LogP contribution < -0.4 is 9.47 Å². The molecular formula is C12H17O2. The Bertz CT molecular complexity index is 292. The maximum atomic E-state index is 5.60. The fourth-order valence-electron chi connectivity index (χ4n) is 1.17. The van der Waals surface area contributed by atoms with Gasteiger partial charge < -0.3 is 9.47 Å². The van der Waals surface area contributed by atoms with Gasteiger partial charge in [0.15, 0.2) is 11.5 Å². The Kier molecular flexibility index (Phi) is 3.81. The summed E-state index contributed by atoms with van der Waals surface area (Å²) in [5, 5.41) is 0. The summed E-state index contributed by atoms with van der Waals surface area (Å²) >= 11 is 0. The highest BCUT2D eigenvalue weighted by Crippen LogP contribution is 2.28. The number of hydrogen-bond donors (Lipinski definition) is 0. The molecule has 1 aromatic rings. The highest BCUT2D eigenvalue weighted by Gasteiger charge is 2.06. The van der Waals surface area contributed by atoms with Crippen LogP contribution >= 0.6 is 0 Å². The molecule has 77 valence electrons. The Hall–Kier alpha value is -1.18. The van der Waals surface area contributed by atoms with Crippen LogP contribution in [0.4, 0.5) is 0 Å². The molecule has 1 aromatic carbocycles. The Labute approximate surface area is 85.8 Å². The average Bonchev–Trinajstić information content (AvgIpc) is 2.09. The highest BCUT2D eigenvalue weighted by atomic mass is 16.5. The van der Waals surface area contributed by atoms with Gasteiger partial charge in [-0.25, -0.2) is 0 Å². The van der Waals surface area contributed by atoms with Crippen LogP contribution in [0.2, 0.25) is 0 Å². The summed E-state index contributed by atoms with van der Waals surface area (Å²) in [6, 6.07) is 5.70. The van der Waals surface area contributed by atoms with Gasteiger partial charge in [0.2, 0.25) is 0 Å². The first-order valence-corrected chi connectivity index (χ1v) is 4.89. The van der Waals surface area contributed by atoms with E-state index in [1.54, 1.807) is 0 Å². The van der Waals surface area contributed by atoms with Crippen LogP contribution in [0, 0.1) is 6.92 Å². The molecule has 0 fully saturated rings. The SMILES string of the molecule is [CH2]c1ccc(OC(C)C)c(OCC)c1. The molecule has 0 aliphatic carbocycles. The van der Waals surface area contributed by atoms with E-state index in [1.807, 2.05) is 39.0 Å². The second-order valence-corrected chi connectivity index (χ2v) is 3.38. The van der Waals surface area contributed by atoms with Crippen molar-refractivity contribution in [1.29, 1.82) is 0 Å². The van der Waals surface area contributed by atoms with Gasteiger partial charge in [-0.3, -0.25) is 0 Å². The number of ether oxygens (including phenoxy) is 2. The first-order chi connectivity index (χ1) is 6.63. The molecule has 1 rings (SSSR count). The van der Waals surface area contributed by atoms with Gasteiger partial charge in [0.25, 0.3) is 0 Å². The van der Waals surface area contributed by atoms with Gasteiger partial charge in [0.1, 0.15) is 0 Å². The second kappa shape index (κ2) is 4.89. The third-order valence-electron chi connectivity index (χ3n) is 1.67. The van der Waals surface area contributed by atoms with E-state index in [-0.39, 0.29) is 6.10 Å². The smallest absolute Gasteiger partial charge is 0.161 e. The lowest BCUT2D eigenvalue weighted by atomic mass is 10.2. The summed E-state index contributed by atoms with van der Waals surface area (Å²) in [5.41, 5.74) is 0.935. The van der Waals surface area contributed by atoms with Crippen molar-refractivity contribution in [2.45, 2.75) is 26.9 Å². The van der Waals surface area contributed by atoms with Gasteiger partial charge in [0, 0.05) is 0 Å². The van der Waals surface area contributed by atoms with Crippen molar-refractivity contribution in [3.8, 4) is 11.5 Å². The van der Waals surface area contributed by atoms with E-state index in [0.717, 1.165) is 17.1 Å². The van der Waals surface area contributed by atoms with Crippen LogP contribution in [0.25, 0.3) is 0 Å². The Morgan fingerprint density at radius 3 is 2.57 bits per heavy atom. The van der Waals surface area contributed by atoms with Gasteiger partial charge in [-0.05, 0) is 45.4 Å². The molecular weight excluding hydrogens is 176 g/mol. The zero-order valence-electron chi connectivity index (χ0n) is 9.04. The first-order valence-electron chi connectivity index (χ1n) is 4.89. The number of benzene rings is 1. The zero-order chi connectivity index (χ0) is 10.6. The lowest BCUT2D eigenvalue weighted by Gasteiger charge is -2.14. The minimum Gasteiger partial charge on any atom is -0.490 e. The van der Waals surface area contributed by atoms with Crippen molar-refractivity contribution < 1.29 is 9.47 Å². The van der Waals surface area contributed by atoms with Crippen molar-refractivity contribution in [2.24, 2.45) is 0 Å². The molecule has 0 aliphatic heterocycles. The minimum atomic E-state index is 0.157. The topological polar surface area (TPSA) is 18.5 Å². The Balaban J connectivity index is 2.89. The van der Waals surface area contributed by atoms with Crippen LogP contribution in [0.3, 0.4) is 0 Å². The van der Waals surface area contributed by atoms with Crippen LogP contribution in [-0.4, -0.2) is 12.7 Å². The molecule has 0 aromatic heterocycles. The molecule has 0 N–H and O–H groups in total. The summed E-state index contributed by atoms with van der Waals surface area (Å²) in [5.74, 6) is 1.56. The maximum Gasteiger partial charge on any atom is 0.161 e. The molecule has 0 atom stereocenters. The van der Waals surface area contributed by atoms with Crippen LogP contribution in [0.1, 0.15) is 26.3 Å². The molecule has 0 amide bonds. The number of rotatable bonds is 4. The minimum absolute atomic E-state index is 0.157. The predicted molar refractivity (Wildman–Crippen MR) is 57.8 cm³/mol. The molecule has 2 heteroatoms. The third-order valence-corrected chi connectivity index (χ3v) is 1.67. The molecule has 0 spiro atoms. The van der Waals surface area contributed by atoms with Crippen LogP contribution in [-0.2, 0) is 0 Å². The third kappa shape index (κ3) is 2.95. The summed E-state index contributed by atoms with van der Waals surface area (Å²) < 4.78 is 11.1. The van der Waals surface area contributed by atoms with Crippen molar-refractivity contribution in [2.75, 3.05) is 6.61 Å². The monoisotopic (exact) mass is 193 g/mol. The molecule has 0 bridgehead atoms. The fourth-order valence-corrected chi connectivity index (χ4v) is 1.17. The number of hydrogen-bond acceptors (Lipinski definition) is 2. The molecule has 0 saturated carbocycles. The highest BCUT2D eigenvalue weighted by molar-refractivity contribution is 5.43. The molecule has 0 unspecified atom stereocenters. The van der Waals surface area contributed by atoms with Gasteiger partial charge in [-0.15, -0.1) is 0 Å². The Morgan fingerprint density at radius 2 is 2.00 bits per heavy atom. The van der Waals surface area contributed by atoms with Gasteiger partial charge in [0.05, 0.1) is 12.7 Å². The van der Waals surface area contributed by atoms with Gasteiger partial charge in [-0.2, -0.15) is 0 Å².